The summed E-state index contributed by atoms with van der Waals surface area (Å²) < 4.78 is 0. The summed E-state index contributed by atoms with van der Waals surface area (Å²) in [4.78, 5) is 10.7. The molecule has 0 saturated carbocycles. The lowest BCUT2D eigenvalue weighted by Crippen LogP contribution is -2.02. The van der Waals surface area contributed by atoms with Crippen LogP contribution in [0.5, 0.6) is 0 Å². The minimum Gasteiger partial charge on any atom is -0.395 e. The summed E-state index contributed by atoms with van der Waals surface area (Å²) >= 11 is 9.09. The minimum atomic E-state index is 0.106. The Morgan fingerprint density at radius 1 is 1.53 bits per heavy atom. The van der Waals surface area contributed by atoms with Crippen molar-refractivity contribution < 1.29 is 5.11 Å². The number of thioether (sulfide) groups is 1. The van der Waals surface area contributed by atoms with E-state index in [1.54, 1.807) is 11.3 Å². The molecule has 0 aliphatic rings. The number of thiophene rings is 1. The maximum atomic E-state index is 9.09. The first-order valence-corrected chi connectivity index (χ1v) is 7.45. The molecule has 3 nitrogen and oxygen atoms in total. The molecule has 0 bridgehead atoms. The normalized spacial score (nSPS) is 13.2. The standard InChI is InChI=1S/C11H13ClN2OS2/c1-3-7-4-8-9(16-6(2)5-15)13-11(12)14-10(8)17-7/h4,6,15H,3,5H2,1-2H3. The van der Waals surface area contributed by atoms with Crippen LogP contribution < -0.4 is 0 Å². The average Bonchev–Trinajstić information content (AvgIpc) is 2.71. The molecule has 2 rings (SSSR count). The number of aliphatic hydroxyl groups excluding tert-OH is 1. The lowest BCUT2D eigenvalue weighted by Gasteiger charge is -2.07. The van der Waals surface area contributed by atoms with Crippen molar-refractivity contribution in [1.82, 2.24) is 9.97 Å². The molecule has 0 aromatic carbocycles. The number of aromatic nitrogens is 2. The molecule has 0 radical (unpaired) electrons. The van der Waals surface area contributed by atoms with Crippen molar-refractivity contribution in [3.63, 3.8) is 0 Å². The van der Waals surface area contributed by atoms with E-state index in [1.807, 2.05) is 6.92 Å². The monoisotopic (exact) mass is 288 g/mol. The third kappa shape index (κ3) is 2.91. The highest BCUT2D eigenvalue weighted by atomic mass is 35.5. The van der Waals surface area contributed by atoms with E-state index in [-0.39, 0.29) is 17.1 Å². The van der Waals surface area contributed by atoms with Gasteiger partial charge in [-0.25, -0.2) is 9.97 Å². The van der Waals surface area contributed by atoms with E-state index in [1.165, 1.54) is 16.6 Å². The Morgan fingerprint density at radius 2 is 2.29 bits per heavy atom. The predicted octanol–water partition coefficient (Wildman–Crippen LogP) is 3.38. The van der Waals surface area contributed by atoms with Gasteiger partial charge in [-0.05, 0) is 24.1 Å². The molecule has 17 heavy (non-hydrogen) atoms. The molecule has 92 valence electrons. The first-order valence-electron chi connectivity index (χ1n) is 5.37. The number of hydrogen-bond donors (Lipinski definition) is 1. The summed E-state index contributed by atoms with van der Waals surface area (Å²) in [5, 5.41) is 11.4. The van der Waals surface area contributed by atoms with Gasteiger partial charge in [-0.3, -0.25) is 0 Å². The number of hydrogen-bond acceptors (Lipinski definition) is 5. The van der Waals surface area contributed by atoms with Gasteiger partial charge in [-0.15, -0.1) is 23.1 Å². The highest BCUT2D eigenvalue weighted by Crippen LogP contribution is 2.34. The van der Waals surface area contributed by atoms with E-state index in [4.69, 9.17) is 16.7 Å². The van der Waals surface area contributed by atoms with Crippen molar-refractivity contribution in [2.45, 2.75) is 30.5 Å². The fourth-order valence-corrected chi connectivity index (χ4v) is 3.59. The largest absolute Gasteiger partial charge is 0.395 e. The van der Waals surface area contributed by atoms with Gasteiger partial charge in [0.15, 0.2) is 0 Å². The number of nitrogens with zero attached hydrogens (tertiary/aromatic N) is 2. The van der Waals surface area contributed by atoms with Gasteiger partial charge in [-0.1, -0.05) is 13.8 Å². The van der Waals surface area contributed by atoms with Gasteiger partial charge in [0, 0.05) is 15.5 Å². The highest BCUT2D eigenvalue weighted by Gasteiger charge is 2.13. The lowest BCUT2D eigenvalue weighted by atomic mass is 10.3. The van der Waals surface area contributed by atoms with E-state index in [9.17, 15) is 0 Å². The Hall–Kier alpha value is -0.360. The van der Waals surface area contributed by atoms with Gasteiger partial charge in [0.25, 0.3) is 0 Å². The molecule has 2 aromatic heterocycles. The second-order valence-electron chi connectivity index (χ2n) is 3.69. The van der Waals surface area contributed by atoms with E-state index < -0.39 is 0 Å². The maximum Gasteiger partial charge on any atom is 0.224 e. The average molecular weight is 289 g/mol. The van der Waals surface area contributed by atoms with Crippen LogP contribution in [0.4, 0.5) is 0 Å². The first-order chi connectivity index (χ1) is 8.13. The van der Waals surface area contributed by atoms with Gasteiger partial charge in [0.2, 0.25) is 5.28 Å². The number of fused-ring (bicyclic) bond motifs is 1. The number of rotatable bonds is 4. The van der Waals surface area contributed by atoms with Gasteiger partial charge in [0.05, 0.1) is 6.61 Å². The summed E-state index contributed by atoms with van der Waals surface area (Å²) in [6, 6.07) is 2.11. The minimum absolute atomic E-state index is 0.106. The SMILES string of the molecule is CCc1cc2c(SC(C)CO)nc(Cl)nc2s1. The summed E-state index contributed by atoms with van der Waals surface area (Å²) in [7, 11) is 0. The van der Waals surface area contributed by atoms with Crippen LogP contribution >= 0.6 is 34.7 Å². The zero-order valence-electron chi connectivity index (χ0n) is 9.61. The molecule has 6 heteroatoms. The zero-order valence-corrected chi connectivity index (χ0v) is 12.0. The second-order valence-corrected chi connectivity index (χ2v) is 6.57. The van der Waals surface area contributed by atoms with Crippen LogP contribution in [-0.2, 0) is 6.42 Å². The Balaban J connectivity index is 2.48. The first kappa shape index (κ1) is 13.1. The van der Waals surface area contributed by atoms with Gasteiger partial charge >= 0.3 is 0 Å². The summed E-state index contributed by atoms with van der Waals surface area (Å²) in [5.74, 6) is 0. The van der Waals surface area contributed by atoms with Crippen molar-refractivity contribution in [2.75, 3.05) is 6.61 Å². The molecule has 1 atom stereocenters. The van der Waals surface area contributed by atoms with E-state index in [2.05, 4.69) is 23.0 Å². The quantitative estimate of drug-likeness (QED) is 0.532. The van der Waals surface area contributed by atoms with Crippen LogP contribution in [0.3, 0.4) is 0 Å². The van der Waals surface area contributed by atoms with E-state index >= 15 is 0 Å². The fraction of sp³-hybridized carbons (Fsp3) is 0.455. The third-order valence-electron chi connectivity index (χ3n) is 2.30. The van der Waals surface area contributed by atoms with Crippen LogP contribution in [-0.4, -0.2) is 26.9 Å². The molecule has 1 unspecified atom stereocenters. The van der Waals surface area contributed by atoms with Crippen LogP contribution in [0.15, 0.2) is 11.1 Å². The molecule has 0 saturated heterocycles. The molecule has 0 fully saturated rings. The van der Waals surface area contributed by atoms with Gasteiger partial charge < -0.3 is 5.11 Å². The highest BCUT2D eigenvalue weighted by molar-refractivity contribution is 8.00. The molecule has 0 spiro atoms. The smallest absolute Gasteiger partial charge is 0.224 e. The third-order valence-corrected chi connectivity index (χ3v) is 4.73. The molecular weight excluding hydrogens is 276 g/mol. The van der Waals surface area contributed by atoms with Crippen molar-refractivity contribution in [1.29, 1.82) is 0 Å². The zero-order chi connectivity index (χ0) is 12.4. The number of aliphatic hydroxyl groups is 1. The molecule has 0 amide bonds. The van der Waals surface area contributed by atoms with Gasteiger partial charge in [0.1, 0.15) is 9.86 Å². The van der Waals surface area contributed by atoms with E-state index in [0.717, 1.165) is 21.7 Å². The topological polar surface area (TPSA) is 46.0 Å². The molecule has 1 N–H and O–H groups in total. The van der Waals surface area contributed by atoms with Crippen LogP contribution in [0, 0.1) is 0 Å². The molecule has 2 heterocycles. The Kier molecular flexibility index (Phi) is 4.25. The van der Waals surface area contributed by atoms with Crippen molar-refractivity contribution in [3.05, 3.63) is 16.2 Å². The maximum absolute atomic E-state index is 9.09. The van der Waals surface area contributed by atoms with Crippen molar-refractivity contribution >= 4 is 44.9 Å². The summed E-state index contributed by atoms with van der Waals surface area (Å²) in [6.45, 7) is 4.20. The van der Waals surface area contributed by atoms with Crippen LogP contribution in [0.25, 0.3) is 10.2 Å². The second kappa shape index (κ2) is 5.52. The predicted molar refractivity (Wildman–Crippen MR) is 74.2 cm³/mol. The van der Waals surface area contributed by atoms with Crippen molar-refractivity contribution in [2.24, 2.45) is 0 Å². The summed E-state index contributed by atoms with van der Waals surface area (Å²) in [5.41, 5.74) is 0. The van der Waals surface area contributed by atoms with Gasteiger partial charge in [-0.2, -0.15) is 0 Å². The van der Waals surface area contributed by atoms with Crippen molar-refractivity contribution in [3.8, 4) is 0 Å². The molecule has 2 aromatic rings. The Morgan fingerprint density at radius 3 is 2.94 bits per heavy atom. The lowest BCUT2D eigenvalue weighted by molar-refractivity contribution is 0.300. The number of halogens is 1. The summed E-state index contributed by atoms with van der Waals surface area (Å²) in [6.07, 6.45) is 0.984. The molecular formula is C11H13ClN2OS2. The van der Waals surface area contributed by atoms with E-state index in [0.29, 0.717) is 0 Å². The number of aryl methyl sites for hydroxylation is 1. The van der Waals surface area contributed by atoms with Crippen LogP contribution in [0.1, 0.15) is 18.7 Å². The molecule has 0 aliphatic carbocycles. The molecule has 0 aliphatic heterocycles. The Labute approximate surface area is 113 Å². The Bertz CT molecular complexity index is 529. The fourth-order valence-electron chi connectivity index (χ4n) is 1.41. The van der Waals surface area contributed by atoms with Crippen LogP contribution in [0.2, 0.25) is 5.28 Å².